The second kappa shape index (κ2) is 4.18. The van der Waals surface area contributed by atoms with E-state index in [1.807, 2.05) is 17.5 Å². The summed E-state index contributed by atoms with van der Waals surface area (Å²) in [7, 11) is 1.69. The van der Waals surface area contributed by atoms with Gasteiger partial charge in [-0.3, -0.25) is 0 Å². The largest absolute Gasteiger partial charge is 0.497 e. The molecule has 0 aliphatic heterocycles. The van der Waals surface area contributed by atoms with Gasteiger partial charge in [-0.1, -0.05) is 24.3 Å². The maximum atomic E-state index is 5.28. The molecule has 0 amide bonds. The van der Waals surface area contributed by atoms with E-state index in [1.54, 1.807) is 7.11 Å². The molecule has 0 saturated heterocycles. The standard InChI is InChI=1S/C14H11NOS/c1-16-11-6-5-10-3-2-4-12(13(10)9-11)14-7-8-17-15-14/h2-9H,1H3. The summed E-state index contributed by atoms with van der Waals surface area (Å²) >= 11 is 1.47. The van der Waals surface area contributed by atoms with E-state index >= 15 is 0 Å². The van der Waals surface area contributed by atoms with Crippen molar-refractivity contribution in [1.29, 1.82) is 0 Å². The molecular weight excluding hydrogens is 230 g/mol. The van der Waals surface area contributed by atoms with Crippen molar-refractivity contribution < 1.29 is 4.74 Å². The monoisotopic (exact) mass is 241 g/mol. The molecule has 0 unspecified atom stereocenters. The Kier molecular flexibility index (Phi) is 2.53. The lowest BCUT2D eigenvalue weighted by Crippen LogP contribution is -1.85. The van der Waals surface area contributed by atoms with Crippen molar-refractivity contribution in [2.75, 3.05) is 7.11 Å². The Hall–Kier alpha value is -1.87. The Bertz CT molecular complexity index is 646. The Morgan fingerprint density at radius 2 is 2.06 bits per heavy atom. The van der Waals surface area contributed by atoms with Gasteiger partial charge in [0.05, 0.1) is 12.8 Å². The molecule has 3 aromatic rings. The summed E-state index contributed by atoms with van der Waals surface area (Å²) in [6, 6.07) is 14.4. The Morgan fingerprint density at radius 1 is 1.12 bits per heavy atom. The Balaban J connectivity index is 2.30. The zero-order valence-corrected chi connectivity index (χ0v) is 10.2. The third-order valence-corrected chi connectivity index (χ3v) is 3.36. The second-order valence-electron chi connectivity index (χ2n) is 3.78. The van der Waals surface area contributed by atoms with E-state index in [0.29, 0.717) is 0 Å². The number of fused-ring (bicyclic) bond motifs is 1. The number of ether oxygens (including phenoxy) is 1. The van der Waals surface area contributed by atoms with Crippen LogP contribution >= 0.6 is 11.5 Å². The Labute approximate surface area is 104 Å². The fourth-order valence-electron chi connectivity index (χ4n) is 1.95. The first-order valence-corrected chi connectivity index (χ1v) is 6.19. The minimum absolute atomic E-state index is 0.875. The third kappa shape index (κ3) is 1.78. The zero-order chi connectivity index (χ0) is 11.7. The topological polar surface area (TPSA) is 22.1 Å². The molecule has 0 aliphatic rings. The zero-order valence-electron chi connectivity index (χ0n) is 9.38. The van der Waals surface area contributed by atoms with Crippen molar-refractivity contribution in [2.45, 2.75) is 0 Å². The van der Waals surface area contributed by atoms with Gasteiger partial charge in [-0.25, -0.2) is 0 Å². The summed E-state index contributed by atoms with van der Waals surface area (Å²) in [5.41, 5.74) is 2.18. The number of benzene rings is 2. The molecule has 1 heterocycles. The molecule has 2 nitrogen and oxygen atoms in total. The third-order valence-electron chi connectivity index (χ3n) is 2.80. The van der Waals surface area contributed by atoms with Crippen molar-refractivity contribution in [3.05, 3.63) is 47.8 Å². The summed E-state index contributed by atoms with van der Waals surface area (Å²) in [4.78, 5) is 0. The Morgan fingerprint density at radius 3 is 2.82 bits per heavy atom. The van der Waals surface area contributed by atoms with Crippen molar-refractivity contribution in [3.63, 3.8) is 0 Å². The van der Waals surface area contributed by atoms with Crippen LogP contribution in [0.3, 0.4) is 0 Å². The van der Waals surface area contributed by atoms with Crippen LogP contribution in [-0.2, 0) is 0 Å². The normalized spacial score (nSPS) is 10.6. The molecule has 3 rings (SSSR count). The number of nitrogens with zero attached hydrogens (tertiary/aromatic N) is 1. The molecule has 0 spiro atoms. The van der Waals surface area contributed by atoms with Gasteiger partial charge in [-0.15, -0.1) is 0 Å². The van der Waals surface area contributed by atoms with E-state index in [0.717, 1.165) is 17.0 Å². The van der Waals surface area contributed by atoms with Crippen LogP contribution in [0.5, 0.6) is 5.75 Å². The summed E-state index contributed by atoms with van der Waals surface area (Å²) < 4.78 is 9.67. The maximum absolute atomic E-state index is 5.28. The molecule has 2 aromatic carbocycles. The lowest BCUT2D eigenvalue weighted by molar-refractivity contribution is 0.415. The molecule has 0 radical (unpaired) electrons. The van der Waals surface area contributed by atoms with Gasteiger partial charge in [-0.2, -0.15) is 4.37 Å². The number of hydrogen-bond donors (Lipinski definition) is 0. The van der Waals surface area contributed by atoms with Crippen LogP contribution in [0.15, 0.2) is 47.8 Å². The maximum Gasteiger partial charge on any atom is 0.119 e. The van der Waals surface area contributed by atoms with Crippen LogP contribution in [0.25, 0.3) is 22.0 Å². The summed E-state index contributed by atoms with van der Waals surface area (Å²) in [5.74, 6) is 0.875. The summed E-state index contributed by atoms with van der Waals surface area (Å²) in [5, 5.41) is 4.38. The molecule has 1 aromatic heterocycles. The van der Waals surface area contributed by atoms with Gasteiger partial charge < -0.3 is 4.74 Å². The molecule has 0 N–H and O–H groups in total. The average molecular weight is 241 g/mol. The van der Waals surface area contributed by atoms with E-state index in [4.69, 9.17) is 4.74 Å². The lowest BCUT2D eigenvalue weighted by atomic mass is 10.0. The minimum atomic E-state index is 0.875. The highest BCUT2D eigenvalue weighted by atomic mass is 32.1. The molecule has 0 aliphatic carbocycles. The first-order chi connectivity index (χ1) is 8.38. The molecule has 84 valence electrons. The van der Waals surface area contributed by atoms with Crippen LogP contribution in [0, 0.1) is 0 Å². The molecule has 0 atom stereocenters. The highest BCUT2D eigenvalue weighted by Gasteiger charge is 2.06. The van der Waals surface area contributed by atoms with Gasteiger partial charge in [0, 0.05) is 10.9 Å². The van der Waals surface area contributed by atoms with Gasteiger partial charge in [-0.05, 0) is 40.5 Å². The van der Waals surface area contributed by atoms with Gasteiger partial charge in [0.15, 0.2) is 0 Å². The van der Waals surface area contributed by atoms with Crippen molar-refractivity contribution in [1.82, 2.24) is 4.37 Å². The van der Waals surface area contributed by atoms with Crippen molar-refractivity contribution in [3.8, 4) is 17.0 Å². The fraction of sp³-hybridized carbons (Fsp3) is 0.0714. The molecule has 17 heavy (non-hydrogen) atoms. The van der Waals surface area contributed by atoms with Crippen LogP contribution in [0.1, 0.15) is 0 Å². The molecule has 0 saturated carbocycles. The van der Waals surface area contributed by atoms with Crippen molar-refractivity contribution in [2.24, 2.45) is 0 Å². The van der Waals surface area contributed by atoms with E-state index in [9.17, 15) is 0 Å². The summed E-state index contributed by atoms with van der Waals surface area (Å²) in [6.45, 7) is 0. The smallest absolute Gasteiger partial charge is 0.119 e. The van der Waals surface area contributed by atoms with Crippen LogP contribution < -0.4 is 4.74 Å². The van der Waals surface area contributed by atoms with Gasteiger partial charge in [0.2, 0.25) is 0 Å². The van der Waals surface area contributed by atoms with Crippen LogP contribution in [0.4, 0.5) is 0 Å². The van der Waals surface area contributed by atoms with E-state index in [2.05, 4.69) is 34.7 Å². The quantitative estimate of drug-likeness (QED) is 0.677. The lowest BCUT2D eigenvalue weighted by Gasteiger charge is -2.06. The number of methoxy groups -OCH3 is 1. The predicted octanol–water partition coefficient (Wildman–Crippen LogP) is 3.97. The van der Waals surface area contributed by atoms with Gasteiger partial charge in [0.1, 0.15) is 5.75 Å². The van der Waals surface area contributed by atoms with Crippen LogP contribution in [0.2, 0.25) is 0 Å². The first-order valence-electron chi connectivity index (χ1n) is 5.36. The number of rotatable bonds is 2. The van der Waals surface area contributed by atoms with E-state index in [-0.39, 0.29) is 0 Å². The van der Waals surface area contributed by atoms with Gasteiger partial charge >= 0.3 is 0 Å². The average Bonchev–Trinajstić information content (AvgIpc) is 2.91. The summed E-state index contributed by atoms with van der Waals surface area (Å²) in [6.07, 6.45) is 0. The molecular formula is C14H11NOS. The SMILES string of the molecule is COc1ccc2cccc(-c3ccsn3)c2c1. The highest BCUT2D eigenvalue weighted by Crippen LogP contribution is 2.30. The number of aromatic nitrogens is 1. The number of hydrogen-bond acceptors (Lipinski definition) is 3. The van der Waals surface area contributed by atoms with E-state index < -0.39 is 0 Å². The van der Waals surface area contributed by atoms with E-state index in [1.165, 1.54) is 22.3 Å². The van der Waals surface area contributed by atoms with Crippen LogP contribution in [-0.4, -0.2) is 11.5 Å². The first kappa shape index (κ1) is 10.3. The highest BCUT2D eigenvalue weighted by molar-refractivity contribution is 7.03. The van der Waals surface area contributed by atoms with Gasteiger partial charge in [0.25, 0.3) is 0 Å². The molecule has 0 bridgehead atoms. The van der Waals surface area contributed by atoms with Crippen molar-refractivity contribution >= 4 is 22.3 Å². The molecule has 3 heteroatoms. The minimum Gasteiger partial charge on any atom is -0.497 e. The second-order valence-corrected chi connectivity index (χ2v) is 4.44. The predicted molar refractivity (Wildman–Crippen MR) is 71.6 cm³/mol. The molecule has 0 fully saturated rings. The fourth-order valence-corrected chi connectivity index (χ4v) is 2.48.